The van der Waals surface area contributed by atoms with Gasteiger partial charge in [-0.2, -0.15) is 0 Å². The molecule has 0 amide bonds. The highest BCUT2D eigenvalue weighted by Gasteiger charge is 2.19. The van der Waals surface area contributed by atoms with E-state index in [1.165, 1.54) is 11.1 Å². The van der Waals surface area contributed by atoms with Gasteiger partial charge in [0.1, 0.15) is 23.9 Å². The summed E-state index contributed by atoms with van der Waals surface area (Å²) in [6, 6.07) is 10.1. The predicted molar refractivity (Wildman–Crippen MR) is 80.8 cm³/mol. The highest BCUT2D eigenvalue weighted by atomic mass is 16.5. The molecule has 1 aromatic carbocycles. The third kappa shape index (κ3) is 3.42. The Hall–Kier alpha value is -1.74. The first-order chi connectivity index (χ1) is 9.40. The van der Waals surface area contributed by atoms with E-state index in [0.717, 1.165) is 17.3 Å². The topological polar surface area (TPSA) is 48.4 Å². The van der Waals surface area contributed by atoms with Crippen LogP contribution < -0.4 is 10.5 Å². The SMILES string of the molecule is Cc1ccc(C(C)(C)C)c(OCc2ccc(CN)o2)c1. The minimum absolute atomic E-state index is 0.0502. The molecular formula is C17H23NO2. The molecule has 0 saturated heterocycles. The molecule has 20 heavy (non-hydrogen) atoms. The first-order valence-corrected chi connectivity index (χ1v) is 6.92. The van der Waals surface area contributed by atoms with Gasteiger partial charge in [-0.1, -0.05) is 32.9 Å². The maximum Gasteiger partial charge on any atom is 0.146 e. The van der Waals surface area contributed by atoms with Crippen molar-refractivity contribution in [1.82, 2.24) is 0 Å². The molecule has 2 N–H and O–H groups in total. The molecule has 1 aromatic heterocycles. The Morgan fingerprint density at radius 3 is 2.40 bits per heavy atom. The van der Waals surface area contributed by atoms with E-state index in [0.29, 0.717) is 13.2 Å². The van der Waals surface area contributed by atoms with Crippen molar-refractivity contribution in [2.24, 2.45) is 5.73 Å². The van der Waals surface area contributed by atoms with Crippen LogP contribution in [0.2, 0.25) is 0 Å². The van der Waals surface area contributed by atoms with Crippen molar-refractivity contribution >= 4 is 0 Å². The van der Waals surface area contributed by atoms with E-state index in [1.54, 1.807) is 0 Å². The molecule has 0 bridgehead atoms. The number of hydrogen-bond donors (Lipinski definition) is 1. The molecule has 0 aliphatic rings. The highest BCUT2D eigenvalue weighted by Crippen LogP contribution is 2.32. The van der Waals surface area contributed by atoms with Crippen LogP contribution >= 0.6 is 0 Å². The molecular weight excluding hydrogens is 250 g/mol. The second kappa shape index (κ2) is 5.71. The van der Waals surface area contributed by atoms with Crippen LogP contribution in [-0.4, -0.2) is 0 Å². The summed E-state index contributed by atoms with van der Waals surface area (Å²) in [6.45, 7) is 9.46. The monoisotopic (exact) mass is 273 g/mol. The van der Waals surface area contributed by atoms with E-state index in [-0.39, 0.29) is 5.41 Å². The Morgan fingerprint density at radius 1 is 1.10 bits per heavy atom. The van der Waals surface area contributed by atoms with Gasteiger partial charge in [-0.15, -0.1) is 0 Å². The molecule has 2 rings (SSSR count). The summed E-state index contributed by atoms with van der Waals surface area (Å²) < 4.78 is 11.5. The zero-order chi connectivity index (χ0) is 14.8. The molecule has 3 nitrogen and oxygen atoms in total. The quantitative estimate of drug-likeness (QED) is 0.918. The number of hydrogen-bond acceptors (Lipinski definition) is 3. The maximum absolute atomic E-state index is 5.95. The maximum atomic E-state index is 5.95. The van der Waals surface area contributed by atoms with Gasteiger partial charge in [0.05, 0.1) is 6.54 Å². The third-order valence-electron chi connectivity index (χ3n) is 3.23. The molecule has 0 saturated carbocycles. The van der Waals surface area contributed by atoms with Gasteiger partial charge >= 0.3 is 0 Å². The second-order valence-electron chi connectivity index (χ2n) is 6.11. The molecule has 0 fully saturated rings. The fraction of sp³-hybridized carbons (Fsp3) is 0.412. The zero-order valence-electron chi connectivity index (χ0n) is 12.7. The van der Waals surface area contributed by atoms with Gasteiger partial charge in [-0.3, -0.25) is 0 Å². The highest BCUT2D eigenvalue weighted by molar-refractivity contribution is 5.41. The van der Waals surface area contributed by atoms with Crippen molar-refractivity contribution < 1.29 is 9.15 Å². The van der Waals surface area contributed by atoms with Crippen LogP contribution in [0.4, 0.5) is 0 Å². The van der Waals surface area contributed by atoms with Gasteiger partial charge in [0.2, 0.25) is 0 Å². The second-order valence-corrected chi connectivity index (χ2v) is 6.11. The van der Waals surface area contributed by atoms with Crippen molar-refractivity contribution in [3.8, 4) is 5.75 Å². The van der Waals surface area contributed by atoms with Crippen molar-refractivity contribution in [2.75, 3.05) is 0 Å². The van der Waals surface area contributed by atoms with Gasteiger partial charge in [0.25, 0.3) is 0 Å². The van der Waals surface area contributed by atoms with Gasteiger partial charge in [0.15, 0.2) is 0 Å². The number of nitrogens with two attached hydrogens (primary N) is 1. The fourth-order valence-electron chi connectivity index (χ4n) is 2.13. The molecule has 0 spiro atoms. The lowest BCUT2D eigenvalue weighted by Gasteiger charge is -2.23. The van der Waals surface area contributed by atoms with Crippen LogP contribution in [-0.2, 0) is 18.6 Å². The van der Waals surface area contributed by atoms with Gasteiger partial charge < -0.3 is 14.9 Å². The van der Waals surface area contributed by atoms with Crippen molar-refractivity contribution in [3.63, 3.8) is 0 Å². The molecule has 0 atom stereocenters. The lowest BCUT2D eigenvalue weighted by atomic mass is 9.86. The Bertz CT molecular complexity index is 579. The smallest absolute Gasteiger partial charge is 0.146 e. The Balaban J connectivity index is 2.18. The van der Waals surface area contributed by atoms with Gasteiger partial charge in [-0.05, 0) is 41.7 Å². The summed E-state index contributed by atoms with van der Waals surface area (Å²) in [5, 5.41) is 0. The standard InChI is InChI=1S/C17H23NO2/c1-12-5-8-15(17(2,3)4)16(9-12)19-11-14-7-6-13(10-18)20-14/h5-9H,10-11,18H2,1-4H3. The average Bonchev–Trinajstić information content (AvgIpc) is 2.83. The fourth-order valence-corrected chi connectivity index (χ4v) is 2.13. The summed E-state index contributed by atoms with van der Waals surface area (Å²) in [7, 11) is 0. The van der Waals surface area contributed by atoms with E-state index >= 15 is 0 Å². The molecule has 0 aliphatic carbocycles. The van der Waals surface area contributed by atoms with Crippen molar-refractivity contribution in [1.29, 1.82) is 0 Å². The molecule has 0 unspecified atom stereocenters. The van der Waals surface area contributed by atoms with E-state index in [1.807, 2.05) is 12.1 Å². The molecule has 0 aliphatic heterocycles. The third-order valence-corrected chi connectivity index (χ3v) is 3.23. The molecule has 1 heterocycles. The first kappa shape index (κ1) is 14.7. The van der Waals surface area contributed by atoms with Gasteiger partial charge in [0, 0.05) is 0 Å². The van der Waals surface area contributed by atoms with Gasteiger partial charge in [-0.25, -0.2) is 0 Å². The Labute approximate surface area is 120 Å². The first-order valence-electron chi connectivity index (χ1n) is 6.92. The van der Waals surface area contributed by atoms with Crippen LogP contribution in [0, 0.1) is 6.92 Å². The summed E-state index contributed by atoms with van der Waals surface area (Å²) in [5.74, 6) is 2.50. The number of aryl methyl sites for hydroxylation is 1. The lowest BCUT2D eigenvalue weighted by Crippen LogP contribution is -2.13. The van der Waals surface area contributed by atoms with Crippen LogP contribution in [0.3, 0.4) is 0 Å². The van der Waals surface area contributed by atoms with Crippen molar-refractivity contribution in [3.05, 3.63) is 53.0 Å². The molecule has 2 aromatic rings. The van der Waals surface area contributed by atoms with Crippen LogP contribution in [0.25, 0.3) is 0 Å². The largest absolute Gasteiger partial charge is 0.485 e. The average molecular weight is 273 g/mol. The van der Waals surface area contributed by atoms with E-state index in [2.05, 4.69) is 45.9 Å². The number of rotatable bonds is 4. The minimum atomic E-state index is 0.0502. The summed E-state index contributed by atoms with van der Waals surface area (Å²) in [5.41, 5.74) is 7.98. The molecule has 0 radical (unpaired) electrons. The minimum Gasteiger partial charge on any atom is -0.485 e. The Kier molecular flexibility index (Phi) is 4.19. The predicted octanol–water partition coefficient (Wildman–Crippen LogP) is 3.92. The van der Waals surface area contributed by atoms with Crippen LogP contribution in [0.5, 0.6) is 5.75 Å². The summed E-state index contributed by atoms with van der Waals surface area (Å²) in [6.07, 6.45) is 0. The van der Waals surface area contributed by atoms with E-state index in [4.69, 9.17) is 14.9 Å². The normalized spacial score (nSPS) is 11.7. The zero-order valence-corrected chi connectivity index (χ0v) is 12.7. The van der Waals surface area contributed by atoms with Crippen LogP contribution in [0.1, 0.15) is 43.4 Å². The number of furan rings is 1. The van der Waals surface area contributed by atoms with E-state index < -0.39 is 0 Å². The Morgan fingerprint density at radius 2 is 1.80 bits per heavy atom. The summed E-state index contributed by atoms with van der Waals surface area (Å²) in [4.78, 5) is 0. The van der Waals surface area contributed by atoms with Crippen LogP contribution in [0.15, 0.2) is 34.7 Å². The summed E-state index contributed by atoms with van der Waals surface area (Å²) >= 11 is 0. The lowest BCUT2D eigenvalue weighted by molar-refractivity contribution is 0.260. The number of benzene rings is 1. The molecule has 108 valence electrons. The van der Waals surface area contributed by atoms with Crippen molar-refractivity contribution in [2.45, 2.75) is 46.3 Å². The number of ether oxygens (including phenoxy) is 1. The van der Waals surface area contributed by atoms with E-state index in [9.17, 15) is 0 Å². The molecule has 3 heteroatoms.